The number of aromatic amines is 1. The first-order valence-electron chi connectivity index (χ1n) is 10.6. The number of piperazine rings is 1. The highest BCUT2D eigenvalue weighted by atomic mass is 16.5. The van der Waals surface area contributed by atoms with Crippen molar-refractivity contribution in [2.75, 3.05) is 44.6 Å². The van der Waals surface area contributed by atoms with E-state index in [1.165, 1.54) is 0 Å². The van der Waals surface area contributed by atoms with E-state index in [2.05, 4.69) is 25.1 Å². The smallest absolute Gasteiger partial charge is 0.340 e. The first-order chi connectivity index (χ1) is 15.1. The lowest BCUT2D eigenvalue weighted by molar-refractivity contribution is -0.117. The number of H-pyrrole nitrogens is 1. The summed E-state index contributed by atoms with van der Waals surface area (Å²) >= 11 is 0. The van der Waals surface area contributed by atoms with Crippen LogP contribution in [0.1, 0.15) is 23.1 Å². The van der Waals surface area contributed by atoms with Gasteiger partial charge in [-0.25, -0.2) is 9.78 Å². The zero-order valence-corrected chi connectivity index (χ0v) is 17.6. The maximum Gasteiger partial charge on any atom is 0.340 e. The Kier molecular flexibility index (Phi) is 6.59. The van der Waals surface area contributed by atoms with Crippen LogP contribution in [0.4, 0.5) is 5.69 Å². The van der Waals surface area contributed by atoms with Crippen molar-refractivity contribution in [3.8, 4) is 0 Å². The average Bonchev–Trinajstić information content (AvgIpc) is 3.18. The molecule has 4 rings (SSSR count). The largest absolute Gasteiger partial charge is 0.462 e. The van der Waals surface area contributed by atoms with E-state index in [9.17, 15) is 9.59 Å². The minimum atomic E-state index is -0.433. The third kappa shape index (κ3) is 5.28. The van der Waals surface area contributed by atoms with Gasteiger partial charge in [-0.15, -0.1) is 0 Å². The maximum atomic E-state index is 12.6. The third-order valence-electron chi connectivity index (χ3n) is 5.34. The van der Waals surface area contributed by atoms with E-state index in [4.69, 9.17) is 4.74 Å². The predicted octanol–water partition coefficient (Wildman–Crippen LogP) is 2.50. The number of rotatable bonds is 7. The number of aromatic nitrogens is 2. The van der Waals surface area contributed by atoms with Crippen LogP contribution in [0.25, 0.3) is 11.0 Å². The van der Waals surface area contributed by atoms with Crippen LogP contribution in [0.2, 0.25) is 0 Å². The minimum absolute atomic E-state index is 0.137. The number of esters is 1. The van der Waals surface area contributed by atoms with Crippen molar-refractivity contribution in [2.45, 2.75) is 13.5 Å². The number of benzene rings is 2. The molecule has 8 heteroatoms. The van der Waals surface area contributed by atoms with E-state index in [0.717, 1.165) is 49.6 Å². The summed E-state index contributed by atoms with van der Waals surface area (Å²) < 4.78 is 5.07. The highest BCUT2D eigenvalue weighted by Gasteiger charge is 2.21. The molecule has 1 saturated heterocycles. The van der Waals surface area contributed by atoms with Crippen LogP contribution in [0, 0.1) is 0 Å². The van der Waals surface area contributed by atoms with Crippen LogP contribution in [-0.2, 0) is 16.1 Å². The van der Waals surface area contributed by atoms with Crippen molar-refractivity contribution >= 4 is 28.6 Å². The van der Waals surface area contributed by atoms with Crippen molar-refractivity contribution in [3.63, 3.8) is 0 Å². The molecule has 1 amide bonds. The van der Waals surface area contributed by atoms with Gasteiger partial charge < -0.3 is 15.0 Å². The molecule has 1 aromatic heterocycles. The number of imidazole rings is 1. The fraction of sp³-hybridized carbons (Fsp3) is 0.348. The number of carbonyl (C=O) groups excluding carboxylic acids is 2. The molecular weight excluding hydrogens is 394 g/mol. The molecule has 0 saturated carbocycles. The Morgan fingerprint density at radius 2 is 1.74 bits per heavy atom. The summed E-state index contributed by atoms with van der Waals surface area (Å²) in [5.41, 5.74) is 2.88. The summed E-state index contributed by atoms with van der Waals surface area (Å²) in [4.78, 5) is 37.1. The lowest BCUT2D eigenvalue weighted by Gasteiger charge is -2.33. The molecule has 1 aliphatic heterocycles. The second-order valence-electron chi connectivity index (χ2n) is 7.57. The molecule has 1 fully saturated rings. The number of fused-ring (bicyclic) bond motifs is 1. The molecule has 2 aromatic carbocycles. The predicted molar refractivity (Wildman–Crippen MR) is 119 cm³/mol. The van der Waals surface area contributed by atoms with Crippen molar-refractivity contribution < 1.29 is 14.3 Å². The fourth-order valence-electron chi connectivity index (χ4n) is 3.77. The summed E-state index contributed by atoms with van der Waals surface area (Å²) in [6.45, 7) is 6.43. The molecule has 8 nitrogen and oxygen atoms in total. The van der Waals surface area contributed by atoms with Crippen LogP contribution >= 0.6 is 0 Å². The zero-order chi connectivity index (χ0) is 21.6. The fourth-order valence-corrected chi connectivity index (χ4v) is 3.77. The van der Waals surface area contributed by atoms with Gasteiger partial charge >= 0.3 is 5.97 Å². The van der Waals surface area contributed by atoms with E-state index in [-0.39, 0.29) is 12.5 Å². The van der Waals surface area contributed by atoms with E-state index in [1.807, 2.05) is 24.3 Å². The van der Waals surface area contributed by atoms with Gasteiger partial charge in [0, 0.05) is 26.2 Å². The summed E-state index contributed by atoms with van der Waals surface area (Å²) in [7, 11) is 0. The molecule has 0 aliphatic carbocycles. The molecule has 1 aliphatic rings. The van der Waals surface area contributed by atoms with Gasteiger partial charge in [0.2, 0.25) is 5.91 Å². The number of nitrogens with one attached hydrogen (secondary N) is 2. The second-order valence-corrected chi connectivity index (χ2v) is 7.57. The van der Waals surface area contributed by atoms with Crippen LogP contribution in [-0.4, -0.2) is 71.0 Å². The highest BCUT2D eigenvalue weighted by molar-refractivity contribution is 6.01. The number of ether oxygens (including phenoxy) is 1. The monoisotopic (exact) mass is 421 g/mol. The standard InChI is InChI=1S/C23H27N5O3/c1-2-31-23(30)17-7-3-4-8-18(17)26-22(29)16-28-13-11-27(12-14-28)15-21-24-19-9-5-6-10-20(19)25-21/h3-10H,2,11-16H2,1H3,(H,24,25)(H,26,29). The lowest BCUT2D eigenvalue weighted by atomic mass is 10.2. The topological polar surface area (TPSA) is 90.6 Å². The van der Waals surface area contributed by atoms with Gasteiger partial charge in [-0.3, -0.25) is 14.6 Å². The molecule has 0 bridgehead atoms. The number of hydrogen-bond donors (Lipinski definition) is 2. The van der Waals surface area contributed by atoms with Gasteiger partial charge in [0.25, 0.3) is 0 Å². The molecule has 2 heterocycles. The molecular formula is C23H27N5O3. The lowest BCUT2D eigenvalue weighted by Crippen LogP contribution is -2.48. The SMILES string of the molecule is CCOC(=O)c1ccccc1NC(=O)CN1CCN(Cc2nc3ccccc3[nH]2)CC1. The Hall–Kier alpha value is -3.23. The number of nitrogens with zero attached hydrogens (tertiary/aromatic N) is 3. The van der Waals surface area contributed by atoms with Crippen LogP contribution in [0.5, 0.6) is 0 Å². The Morgan fingerprint density at radius 1 is 1.03 bits per heavy atom. The first kappa shape index (κ1) is 21.0. The summed E-state index contributed by atoms with van der Waals surface area (Å²) in [5.74, 6) is 0.392. The van der Waals surface area contributed by atoms with Crippen LogP contribution in [0.15, 0.2) is 48.5 Å². The van der Waals surface area contributed by atoms with Gasteiger partial charge in [0.1, 0.15) is 5.82 Å². The number of carbonyl (C=O) groups is 2. The third-order valence-corrected chi connectivity index (χ3v) is 5.34. The van der Waals surface area contributed by atoms with Crippen molar-refractivity contribution in [1.82, 2.24) is 19.8 Å². The molecule has 0 atom stereocenters. The first-order valence-corrected chi connectivity index (χ1v) is 10.6. The molecule has 0 spiro atoms. The van der Waals surface area contributed by atoms with Crippen LogP contribution in [0.3, 0.4) is 0 Å². The summed E-state index contributed by atoms with van der Waals surface area (Å²) in [5, 5.41) is 2.85. The van der Waals surface area contributed by atoms with Gasteiger partial charge in [0.15, 0.2) is 0 Å². The average molecular weight is 422 g/mol. The van der Waals surface area contributed by atoms with Crippen molar-refractivity contribution in [2.24, 2.45) is 0 Å². The van der Waals surface area contributed by atoms with Gasteiger partial charge in [0.05, 0.1) is 42.0 Å². The normalized spacial score (nSPS) is 15.1. The number of hydrogen-bond acceptors (Lipinski definition) is 6. The van der Waals surface area contributed by atoms with Crippen molar-refractivity contribution in [3.05, 3.63) is 59.9 Å². The number of para-hydroxylation sites is 3. The highest BCUT2D eigenvalue weighted by Crippen LogP contribution is 2.17. The summed E-state index contributed by atoms with van der Waals surface area (Å²) in [6, 6.07) is 14.9. The molecule has 3 aromatic rings. The van der Waals surface area contributed by atoms with Gasteiger partial charge in [-0.05, 0) is 31.2 Å². The Bertz CT molecular complexity index is 1020. The van der Waals surface area contributed by atoms with Crippen LogP contribution < -0.4 is 5.32 Å². The van der Waals surface area contributed by atoms with E-state index in [1.54, 1.807) is 31.2 Å². The van der Waals surface area contributed by atoms with Gasteiger partial charge in [-0.1, -0.05) is 24.3 Å². The Labute approximate surface area is 181 Å². The molecule has 31 heavy (non-hydrogen) atoms. The molecule has 0 unspecified atom stereocenters. The number of amides is 1. The Balaban J connectivity index is 1.27. The molecule has 0 radical (unpaired) electrons. The molecule has 2 N–H and O–H groups in total. The van der Waals surface area contributed by atoms with Gasteiger partial charge in [-0.2, -0.15) is 0 Å². The number of anilines is 1. The van der Waals surface area contributed by atoms with E-state index < -0.39 is 5.97 Å². The van der Waals surface area contributed by atoms with E-state index in [0.29, 0.717) is 17.9 Å². The quantitative estimate of drug-likeness (QED) is 0.570. The second kappa shape index (κ2) is 9.72. The minimum Gasteiger partial charge on any atom is -0.462 e. The molecule has 162 valence electrons. The van der Waals surface area contributed by atoms with E-state index >= 15 is 0 Å². The Morgan fingerprint density at radius 3 is 2.52 bits per heavy atom. The maximum absolute atomic E-state index is 12.6. The van der Waals surface area contributed by atoms with Crippen molar-refractivity contribution in [1.29, 1.82) is 0 Å². The summed E-state index contributed by atoms with van der Waals surface area (Å²) in [6.07, 6.45) is 0. The zero-order valence-electron chi connectivity index (χ0n) is 17.6.